The van der Waals surface area contributed by atoms with Crippen molar-refractivity contribution in [3.05, 3.63) is 0 Å². The lowest BCUT2D eigenvalue weighted by molar-refractivity contribution is 0.215. The molecule has 0 atom stereocenters. The van der Waals surface area contributed by atoms with E-state index in [0.717, 1.165) is 11.8 Å². The molecular formula is C15H41O5SSi5. The Labute approximate surface area is 171 Å². The first-order chi connectivity index (χ1) is 11.4. The predicted octanol–water partition coefficient (Wildman–Crippen LogP) is 5.36. The predicted molar refractivity (Wildman–Crippen MR) is 125 cm³/mol. The van der Waals surface area contributed by atoms with Crippen molar-refractivity contribution in [1.82, 2.24) is 0 Å². The van der Waals surface area contributed by atoms with Crippen molar-refractivity contribution >= 4 is 54.1 Å². The quantitative estimate of drug-likeness (QED) is 0.266. The summed E-state index contributed by atoms with van der Waals surface area (Å²) in [7, 11) is -10.3. The minimum atomic E-state index is -2.35. The Hall–Kier alpha value is 1.23. The molecule has 0 bridgehead atoms. The lowest BCUT2D eigenvalue weighted by Crippen LogP contribution is -2.58. The summed E-state index contributed by atoms with van der Waals surface area (Å²) in [6.07, 6.45) is 0. The van der Waals surface area contributed by atoms with Crippen LogP contribution >= 0.6 is 11.8 Å². The summed E-state index contributed by atoms with van der Waals surface area (Å²) in [4.78, 5) is 0. The molecule has 0 aromatic carbocycles. The largest absolute Gasteiger partial charge is 0.437 e. The summed E-state index contributed by atoms with van der Waals surface area (Å²) in [6, 6.07) is 1.04. The Kier molecular flexibility index (Phi) is 10.8. The van der Waals surface area contributed by atoms with Crippen LogP contribution in [0.5, 0.6) is 0 Å². The van der Waals surface area contributed by atoms with Gasteiger partial charge in [0, 0.05) is 5.75 Å². The highest BCUT2D eigenvalue weighted by molar-refractivity contribution is 7.99. The molecule has 0 saturated carbocycles. The van der Waals surface area contributed by atoms with Crippen molar-refractivity contribution in [2.45, 2.75) is 78.1 Å². The molecule has 0 aromatic rings. The van der Waals surface area contributed by atoms with Gasteiger partial charge >= 0.3 is 25.7 Å². The Bertz CT molecular complexity index is 427. The molecular weight excluding hydrogens is 433 g/mol. The van der Waals surface area contributed by atoms with Gasteiger partial charge in [0.25, 0.3) is 0 Å². The van der Waals surface area contributed by atoms with E-state index >= 15 is 0 Å². The lowest BCUT2D eigenvalue weighted by Gasteiger charge is -2.42. The lowest BCUT2D eigenvalue weighted by atomic mass is 10.9. The third-order valence-electron chi connectivity index (χ3n) is 3.13. The number of rotatable bonds is 13. The zero-order valence-electron chi connectivity index (χ0n) is 18.8. The average molecular weight is 474 g/mol. The summed E-state index contributed by atoms with van der Waals surface area (Å²) in [5, 5.41) is 10.6. The zero-order valence-corrected chi connectivity index (χ0v) is 24.6. The van der Waals surface area contributed by atoms with Crippen molar-refractivity contribution < 1.29 is 21.6 Å². The van der Waals surface area contributed by atoms with E-state index in [1.165, 1.54) is 0 Å². The van der Waals surface area contributed by atoms with Crippen LogP contribution in [0.2, 0.25) is 78.1 Å². The fraction of sp³-hybridized carbons (Fsp3) is 1.00. The van der Waals surface area contributed by atoms with Crippen molar-refractivity contribution in [3.63, 3.8) is 0 Å². The first-order valence-electron chi connectivity index (χ1n) is 9.35. The van der Waals surface area contributed by atoms with E-state index in [2.05, 4.69) is 72.0 Å². The van der Waals surface area contributed by atoms with E-state index in [1.807, 2.05) is 0 Å². The van der Waals surface area contributed by atoms with Crippen LogP contribution in [0.1, 0.15) is 0 Å². The third kappa shape index (κ3) is 14.3. The summed E-state index contributed by atoms with van der Waals surface area (Å²) in [5.41, 5.74) is 0. The van der Waals surface area contributed by atoms with E-state index in [-0.39, 0.29) is 6.61 Å². The Morgan fingerprint density at radius 1 is 0.615 bits per heavy atom. The van der Waals surface area contributed by atoms with Gasteiger partial charge in [0.05, 0.1) is 6.61 Å². The molecule has 1 radical (unpaired) electrons. The van der Waals surface area contributed by atoms with Crippen LogP contribution in [-0.2, 0) is 21.6 Å². The van der Waals surface area contributed by atoms with Crippen LogP contribution < -0.4 is 0 Å². The maximum absolute atomic E-state index is 10.6. The molecule has 157 valence electrons. The molecule has 0 amide bonds. The van der Waals surface area contributed by atoms with Crippen molar-refractivity contribution in [2.24, 2.45) is 0 Å². The number of hydrogen-bond donors (Lipinski definition) is 0. The molecule has 0 rings (SSSR count). The van der Waals surface area contributed by atoms with Gasteiger partial charge in [-0.1, -0.05) is 0 Å². The number of hydrogen-bond acceptors (Lipinski definition) is 5. The van der Waals surface area contributed by atoms with Gasteiger partial charge in [-0.2, -0.15) is 11.8 Å². The van der Waals surface area contributed by atoms with Crippen molar-refractivity contribution in [1.29, 1.82) is 0 Å². The van der Waals surface area contributed by atoms with Crippen LogP contribution in [-0.4, -0.2) is 60.4 Å². The molecule has 0 heterocycles. The molecule has 11 heteroatoms. The molecule has 0 spiro atoms. The highest BCUT2D eigenvalue weighted by atomic mass is 32.2. The van der Waals surface area contributed by atoms with Crippen LogP contribution in [0.25, 0.3) is 0 Å². The molecule has 0 saturated heterocycles. The van der Waals surface area contributed by atoms with Crippen LogP contribution in [0, 0.1) is 0 Å². The fourth-order valence-corrected chi connectivity index (χ4v) is 28.8. The van der Waals surface area contributed by atoms with E-state index in [9.17, 15) is 5.11 Å². The molecule has 0 aliphatic rings. The smallest absolute Gasteiger partial charge is 0.314 e. The standard InChI is InChI=1S/C15H41O5SSi5/c1-22(2,3)17-24(6,7)19-26(10,11)20-25(8,9)18-23(4,5)15-14-21-13-12-16/h12-15H2,1-11H3. The molecule has 26 heavy (non-hydrogen) atoms. The number of thioether (sulfide) groups is 1. The van der Waals surface area contributed by atoms with Crippen LogP contribution in [0.3, 0.4) is 0 Å². The van der Waals surface area contributed by atoms with Gasteiger partial charge in [0.1, 0.15) is 0 Å². The Morgan fingerprint density at radius 2 is 1.04 bits per heavy atom. The normalized spacial score (nSPS) is 14.8. The first kappa shape index (κ1) is 27.2. The minimum Gasteiger partial charge on any atom is -0.437 e. The maximum Gasteiger partial charge on any atom is 0.314 e. The van der Waals surface area contributed by atoms with Gasteiger partial charge in [0.15, 0.2) is 16.6 Å². The molecule has 0 aliphatic carbocycles. The van der Waals surface area contributed by atoms with E-state index < -0.39 is 42.3 Å². The molecule has 0 N–H and O–H groups in total. The summed E-state index contributed by atoms with van der Waals surface area (Å²) >= 11 is 1.73. The van der Waals surface area contributed by atoms with E-state index in [4.69, 9.17) is 16.5 Å². The Balaban J connectivity index is 4.78. The zero-order chi connectivity index (χ0) is 20.9. The average Bonchev–Trinajstić information content (AvgIpc) is 2.26. The second-order valence-corrected chi connectivity index (χ2v) is 30.7. The van der Waals surface area contributed by atoms with Gasteiger partial charge in [-0.05, 0) is 83.8 Å². The first-order valence-corrected chi connectivity index (χ1v) is 25.5. The molecule has 5 nitrogen and oxygen atoms in total. The van der Waals surface area contributed by atoms with Gasteiger partial charge in [-0.15, -0.1) is 0 Å². The topological polar surface area (TPSA) is 56.8 Å². The third-order valence-corrected chi connectivity index (χ3v) is 22.4. The van der Waals surface area contributed by atoms with Gasteiger partial charge in [-0.25, -0.2) is 5.11 Å². The van der Waals surface area contributed by atoms with Gasteiger partial charge < -0.3 is 16.5 Å². The van der Waals surface area contributed by atoms with Crippen LogP contribution in [0.15, 0.2) is 0 Å². The van der Waals surface area contributed by atoms with E-state index in [0.29, 0.717) is 5.75 Å². The maximum atomic E-state index is 10.6. The second-order valence-electron chi connectivity index (χ2n) is 9.55. The minimum absolute atomic E-state index is 0.00679. The highest BCUT2D eigenvalue weighted by Crippen LogP contribution is 2.27. The van der Waals surface area contributed by atoms with Crippen molar-refractivity contribution in [2.75, 3.05) is 18.1 Å². The molecule has 0 fully saturated rings. The second kappa shape index (κ2) is 10.3. The summed E-state index contributed by atoms with van der Waals surface area (Å²) < 4.78 is 25.9. The molecule has 0 unspecified atom stereocenters. The van der Waals surface area contributed by atoms with Crippen LogP contribution in [0.4, 0.5) is 0 Å². The summed E-state index contributed by atoms with van der Waals surface area (Å²) in [6.45, 7) is 23.7. The highest BCUT2D eigenvalue weighted by Gasteiger charge is 2.44. The van der Waals surface area contributed by atoms with Gasteiger partial charge in [0.2, 0.25) is 0 Å². The monoisotopic (exact) mass is 473 g/mol. The van der Waals surface area contributed by atoms with Gasteiger partial charge in [-0.3, -0.25) is 0 Å². The fourth-order valence-electron chi connectivity index (χ4n) is 3.18. The van der Waals surface area contributed by atoms with Crippen molar-refractivity contribution in [3.8, 4) is 0 Å². The molecule has 0 aromatic heterocycles. The van der Waals surface area contributed by atoms with E-state index in [1.54, 1.807) is 11.8 Å². The Morgan fingerprint density at radius 3 is 1.46 bits per heavy atom. The summed E-state index contributed by atoms with van der Waals surface area (Å²) in [5.74, 6) is 1.68. The molecule has 0 aliphatic heterocycles. The SMILES string of the molecule is C[Si](C)(C)O[Si](C)(C)O[Si](C)(C)O[Si](C)(C)O[Si](C)(C)CCSCC[O].